The van der Waals surface area contributed by atoms with E-state index >= 15 is 0 Å². The summed E-state index contributed by atoms with van der Waals surface area (Å²) in [6.07, 6.45) is -14.5. The standard InChI is InChI=1S/C12H6F17NO4S/c1-3(2)4(31)34-11(26,27)10(24,25)30-35(32,33)12(28,29)8(19,20)6(15,16)5(13,14)7(17,18)9(21,22)23/h30H,1H2,2H3. The molecule has 0 bridgehead atoms. The molecule has 0 saturated heterocycles. The molecule has 0 spiro atoms. The molecule has 0 aromatic heterocycles. The Kier molecular flexibility index (Phi) is 8.00. The van der Waals surface area contributed by atoms with Crippen molar-refractivity contribution >= 4 is 16.0 Å². The lowest BCUT2D eigenvalue weighted by Crippen LogP contribution is -2.72. The van der Waals surface area contributed by atoms with Gasteiger partial charge in [-0.05, 0) is 6.92 Å². The Bertz CT molecular complexity index is 953. The van der Waals surface area contributed by atoms with Gasteiger partial charge in [-0.1, -0.05) is 6.58 Å². The molecule has 0 aliphatic heterocycles. The Morgan fingerprint density at radius 2 is 1.03 bits per heavy atom. The van der Waals surface area contributed by atoms with Crippen LogP contribution in [0.3, 0.4) is 0 Å². The number of hydrogen-bond acceptors (Lipinski definition) is 4. The molecule has 0 radical (unpaired) electrons. The largest absolute Gasteiger partial charge is 0.483 e. The van der Waals surface area contributed by atoms with Crippen LogP contribution in [0.1, 0.15) is 6.92 Å². The fourth-order valence-electron chi connectivity index (χ4n) is 1.48. The second-order valence-corrected chi connectivity index (χ2v) is 7.90. The second kappa shape index (κ2) is 8.50. The van der Waals surface area contributed by atoms with Gasteiger partial charge in [-0.3, -0.25) is 0 Å². The first-order valence-corrected chi connectivity index (χ1v) is 8.90. The van der Waals surface area contributed by atoms with Gasteiger partial charge in [0.15, 0.2) is 0 Å². The van der Waals surface area contributed by atoms with Gasteiger partial charge in [0.05, 0.1) is 0 Å². The fourth-order valence-corrected chi connectivity index (χ4v) is 2.53. The van der Waals surface area contributed by atoms with Crippen LogP contribution in [0.15, 0.2) is 12.2 Å². The van der Waals surface area contributed by atoms with Gasteiger partial charge < -0.3 is 4.74 Å². The van der Waals surface area contributed by atoms with Gasteiger partial charge in [-0.2, -0.15) is 74.6 Å². The zero-order valence-electron chi connectivity index (χ0n) is 15.7. The molecule has 0 heterocycles. The average Bonchev–Trinajstić information content (AvgIpc) is 2.58. The molecule has 0 saturated carbocycles. The van der Waals surface area contributed by atoms with E-state index in [-0.39, 0.29) is 0 Å². The highest BCUT2D eigenvalue weighted by atomic mass is 32.2. The molecular formula is C12H6F17NO4S. The lowest BCUT2D eigenvalue weighted by molar-refractivity contribution is -0.433. The number of hydrogen-bond donors (Lipinski definition) is 1. The predicted molar refractivity (Wildman–Crippen MR) is 73.6 cm³/mol. The number of carbonyl (C=O) groups is 1. The third-order valence-electron chi connectivity index (χ3n) is 3.44. The van der Waals surface area contributed by atoms with E-state index < -0.39 is 73.6 Å². The monoisotopic (exact) mass is 583 g/mol. The number of esters is 1. The number of carbonyl (C=O) groups excluding carboxylic acids is 1. The second-order valence-electron chi connectivity index (χ2n) is 6.18. The zero-order valence-corrected chi connectivity index (χ0v) is 16.5. The maximum atomic E-state index is 13.6. The molecule has 0 aromatic rings. The Labute approximate surface area is 180 Å². The van der Waals surface area contributed by atoms with E-state index in [4.69, 9.17) is 0 Å². The van der Waals surface area contributed by atoms with Crippen LogP contribution in [0.4, 0.5) is 74.6 Å². The first-order valence-electron chi connectivity index (χ1n) is 7.42. The highest BCUT2D eigenvalue weighted by molar-refractivity contribution is 7.90. The van der Waals surface area contributed by atoms with Gasteiger partial charge in [-0.25, -0.2) is 13.2 Å². The average molecular weight is 583 g/mol. The van der Waals surface area contributed by atoms with Gasteiger partial charge in [0.1, 0.15) is 0 Å². The number of ether oxygens (including phenoxy) is 1. The number of alkyl halides is 17. The minimum atomic E-state index is -8.72. The van der Waals surface area contributed by atoms with Crippen molar-refractivity contribution in [3.05, 3.63) is 12.2 Å². The number of sulfonamides is 1. The fraction of sp³-hybridized carbons (Fsp3) is 0.750. The highest BCUT2D eigenvalue weighted by Crippen LogP contribution is 2.61. The molecular weight excluding hydrogens is 577 g/mol. The Morgan fingerprint density at radius 3 is 1.34 bits per heavy atom. The zero-order chi connectivity index (χ0) is 29.1. The van der Waals surface area contributed by atoms with Gasteiger partial charge in [0, 0.05) is 5.57 Å². The quantitative estimate of drug-likeness (QED) is 0.172. The summed E-state index contributed by atoms with van der Waals surface area (Å²) in [5.41, 5.74) is -1.16. The van der Waals surface area contributed by atoms with Crippen molar-refractivity contribution in [2.24, 2.45) is 0 Å². The van der Waals surface area contributed by atoms with E-state index in [0.717, 1.165) is 0 Å². The summed E-state index contributed by atoms with van der Waals surface area (Å²) in [5, 5.41) is -8.24. The number of nitrogens with one attached hydrogen (secondary N) is 1. The normalized spacial score (nSPS) is 15.7. The molecule has 0 rings (SSSR count). The molecule has 0 aliphatic carbocycles. The van der Waals surface area contributed by atoms with Crippen LogP contribution in [-0.4, -0.2) is 61.7 Å². The van der Waals surface area contributed by atoms with Gasteiger partial charge >= 0.3 is 53.2 Å². The van der Waals surface area contributed by atoms with Gasteiger partial charge in [0.2, 0.25) is 0 Å². The van der Waals surface area contributed by atoms with Crippen LogP contribution < -0.4 is 4.72 Å². The van der Waals surface area contributed by atoms with Crippen LogP contribution in [0.25, 0.3) is 0 Å². The topological polar surface area (TPSA) is 72.5 Å². The minimum absolute atomic E-state index is 0.481. The molecule has 35 heavy (non-hydrogen) atoms. The first-order chi connectivity index (χ1) is 14.8. The Balaban J connectivity index is 6.63. The maximum Gasteiger partial charge on any atom is 0.483 e. The van der Waals surface area contributed by atoms with E-state index in [1.807, 2.05) is 0 Å². The summed E-state index contributed by atoms with van der Waals surface area (Å²) in [6.45, 7) is 3.03. The molecule has 0 amide bonds. The summed E-state index contributed by atoms with van der Waals surface area (Å²) < 4.78 is 245. The number of rotatable bonds is 10. The van der Waals surface area contributed by atoms with Crippen molar-refractivity contribution in [3.8, 4) is 0 Å². The predicted octanol–water partition coefficient (Wildman–Crippen LogP) is 4.91. The van der Waals surface area contributed by atoms with Crippen LogP contribution >= 0.6 is 0 Å². The van der Waals surface area contributed by atoms with Crippen molar-refractivity contribution in [1.29, 1.82) is 0 Å². The molecule has 208 valence electrons. The molecule has 1 N–H and O–H groups in total. The molecule has 5 nitrogen and oxygen atoms in total. The molecule has 0 unspecified atom stereocenters. The van der Waals surface area contributed by atoms with Crippen molar-refractivity contribution < 1.29 is 92.6 Å². The Hall–Kier alpha value is -2.07. The van der Waals surface area contributed by atoms with Crippen molar-refractivity contribution in [2.75, 3.05) is 0 Å². The van der Waals surface area contributed by atoms with Crippen LogP contribution in [0, 0.1) is 0 Å². The molecule has 0 aliphatic rings. The third-order valence-corrected chi connectivity index (χ3v) is 4.90. The molecule has 23 heteroatoms. The summed E-state index contributed by atoms with van der Waals surface area (Å²) >= 11 is 0. The van der Waals surface area contributed by atoms with Gasteiger partial charge in [0.25, 0.3) is 10.0 Å². The third kappa shape index (κ3) is 4.96. The smallest absolute Gasteiger partial charge is 0.392 e. The van der Waals surface area contributed by atoms with Crippen molar-refractivity contribution in [3.63, 3.8) is 0 Å². The minimum Gasteiger partial charge on any atom is -0.392 e. The van der Waals surface area contributed by atoms with E-state index in [1.54, 1.807) is 0 Å². The SMILES string of the molecule is C=C(C)C(=O)OC(F)(F)C(F)(F)NS(=O)(=O)C(F)(F)C(F)(F)C(F)(F)C(F)(F)C(F)(F)C(F)(F)F. The lowest BCUT2D eigenvalue weighted by atomic mass is 9.98. The van der Waals surface area contributed by atoms with E-state index in [1.165, 1.54) is 0 Å². The summed E-state index contributed by atoms with van der Waals surface area (Å²) in [4.78, 5) is 10.8. The lowest BCUT2D eigenvalue weighted by Gasteiger charge is -2.39. The molecule has 0 atom stereocenters. The van der Waals surface area contributed by atoms with Crippen LogP contribution in [0.2, 0.25) is 0 Å². The van der Waals surface area contributed by atoms with Crippen molar-refractivity contribution in [2.45, 2.75) is 54.2 Å². The summed E-state index contributed by atoms with van der Waals surface area (Å²) in [5.74, 6) is -36.7. The van der Waals surface area contributed by atoms with Gasteiger partial charge in [-0.15, -0.1) is 4.72 Å². The molecule has 0 aromatic carbocycles. The van der Waals surface area contributed by atoms with E-state index in [2.05, 4.69) is 11.3 Å². The summed E-state index contributed by atoms with van der Waals surface area (Å²) in [6, 6.07) is -6.98. The highest BCUT2D eigenvalue weighted by Gasteiger charge is 2.92. The maximum absolute atomic E-state index is 13.6. The Morgan fingerprint density at radius 1 is 0.686 bits per heavy atom. The molecule has 0 fully saturated rings. The van der Waals surface area contributed by atoms with Crippen LogP contribution in [0.5, 0.6) is 0 Å². The first kappa shape index (κ1) is 32.9. The van der Waals surface area contributed by atoms with E-state index in [9.17, 15) is 87.8 Å². The van der Waals surface area contributed by atoms with E-state index in [0.29, 0.717) is 6.92 Å². The van der Waals surface area contributed by atoms with Crippen LogP contribution in [-0.2, 0) is 19.6 Å². The number of halogens is 17. The summed E-state index contributed by atoms with van der Waals surface area (Å²) in [7, 11) is -8.56. The van der Waals surface area contributed by atoms with Crippen molar-refractivity contribution in [1.82, 2.24) is 4.72 Å².